The van der Waals surface area contributed by atoms with Crippen molar-refractivity contribution in [2.45, 2.75) is 38.2 Å². The average Bonchev–Trinajstić information content (AvgIpc) is 2.62. The van der Waals surface area contributed by atoms with Crippen LogP contribution in [0.25, 0.3) is 0 Å². The molecule has 0 spiro atoms. The first-order chi connectivity index (χ1) is 11.7. The molecule has 2 amide bonds. The third kappa shape index (κ3) is 4.64. The van der Waals surface area contributed by atoms with Crippen LogP contribution >= 0.6 is 0 Å². The molecular weight excluding hydrogens is 306 g/mol. The molecule has 6 heteroatoms. The Hall–Kier alpha value is -2.21. The van der Waals surface area contributed by atoms with E-state index >= 15 is 0 Å². The maximum atomic E-state index is 12.4. The van der Waals surface area contributed by atoms with Crippen LogP contribution in [0.4, 0.5) is 0 Å². The van der Waals surface area contributed by atoms with E-state index in [1.807, 2.05) is 23.1 Å². The summed E-state index contributed by atoms with van der Waals surface area (Å²) in [6.45, 7) is 1.87. The van der Waals surface area contributed by atoms with E-state index in [9.17, 15) is 9.59 Å². The van der Waals surface area contributed by atoms with E-state index in [0.29, 0.717) is 45.4 Å². The van der Waals surface area contributed by atoms with Crippen molar-refractivity contribution in [3.05, 3.63) is 35.9 Å². The van der Waals surface area contributed by atoms with E-state index in [0.717, 1.165) is 12.1 Å². The van der Waals surface area contributed by atoms with Gasteiger partial charge in [-0.1, -0.05) is 30.3 Å². The van der Waals surface area contributed by atoms with Crippen LogP contribution in [-0.4, -0.2) is 48.2 Å². The third-order valence-corrected chi connectivity index (χ3v) is 4.40. The van der Waals surface area contributed by atoms with E-state index in [1.165, 1.54) is 5.56 Å². The highest BCUT2D eigenvalue weighted by Gasteiger charge is 2.24. The molecule has 2 heterocycles. The topological polar surface area (TPSA) is 71.0 Å². The number of benzene rings is 1. The van der Waals surface area contributed by atoms with Crippen molar-refractivity contribution in [1.29, 1.82) is 0 Å². The van der Waals surface area contributed by atoms with E-state index in [2.05, 4.69) is 22.7 Å². The van der Waals surface area contributed by atoms with Gasteiger partial charge in [0.25, 0.3) is 0 Å². The smallest absolute Gasteiger partial charge is 0.240 e. The number of hydrazone groups is 1. The second-order valence-electron chi connectivity index (χ2n) is 6.24. The summed E-state index contributed by atoms with van der Waals surface area (Å²) in [4.78, 5) is 25.4. The van der Waals surface area contributed by atoms with E-state index in [4.69, 9.17) is 4.74 Å². The van der Waals surface area contributed by atoms with Crippen LogP contribution in [0.2, 0.25) is 0 Å². The summed E-state index contributed by atoms with van der Waals surface area (Å²) in [7, 11) is 0. The lowest BCUT2D eigenvalue weighted by atomic mass is 10.1. The SMILES string of the molecule is O=C1CCC(CCC(=O)N2CCOC(Cc3ccccc3)C2)=NN1. The molecule has 6 nitrogen and oxygen atoms in total. The Morgan fingerprint density at radius 1 is 1.29 bits per heavy atom. The molecule has 128 valence electrons. The second-order valence-corrected chi connectivity index (χ2v) is 6.24. The van der Waals surface area contributed by atoms with Crippen molar-refractivity contribution in [3.63, 3.8) is 0 Å². The monoisotopic (exact) mass is 329 g/mol. The summed E-state index contributed by atoms with van der Waals surface area (Å²) in [5.41, 5.74) is 4.60. The summed E-state index contributed by atoms with van der Waals surface area (Å²) < 4.78 is 5.80. The highest BCUT2D eigenvalue weighted by atomic mass is 16.5. The third-order valence-electron chi connectivity index (χ3n) is 4.40. The van der Waals surface area contributed by atoms with E-state index in [1.54, 1.807) is 0 Å². The first-order valence-corrected chi connectivity index (χ1v) is 8.48. The zero-order valence-electron chi connectivity index (χ0n) is 13.7. The summed E-state index contributed by atoms with van der Waals surface area (Å²) in [6, 6.07) is 10.2. The van der Waals surface area contributed by atoms with Crippen LogP contribution < -0.4 is 5.43 Å². The predicted molar refractivity (Wildman–Crippen MR) is 90.5 cm³/mol. The minimum Gasteiger partial charge on any atom is -0.374 e. The van der Waals surface area contributed by atoms with Gasteiger partial charge >= 0.3 is 0 Å². The maximum absolute atomic E-state index is 12.4. The lowest BCUT2D eigenvalue weighted by Gasteiger charge is -2.33. The van der Waals surface area contributed by atoms with Crippen molar-refractivity contribution in [2.75, 3.05) is 19.7 Å². The van der Waals surface area contributed by atoms with Crippen molar-refractivity contribution < 1.29 is 14.3 Å². The van der Waals surface area contributed by atoms with Gasteiger partial charge in [0.15, 0.2) is 0 Å². The lowest BCUT2D eigenvalue weighted by molar-refractivity contribution is -0.138. The van der Waals surface area contributed by atoms with Crippen LogP contribution in [-0.2, 0) is 20.7 Å². The Balaban J connectivity index is 1.47. The molecule has 1 fully saturated rings. The Kier molecular flexibility index (Phi) is 5.59. The molecule has 0 aromatic heterocycles. The highest BCUT2D eigenvalue weighted by molar-refractivity contribution is 5.94. The number of amides is 2. The molecular formula is C18H23N3O3. The zero-order valence-corrected chi connectivity index (χ0v) is 13.7. The van der Waals surface area contributed by atoms with Gasteiger partial charge in [-0.25, -0.2) is 5.43 Å². The van der Waals surface area contributed by atoms with Crippen molar-refractivity contribution >= 4 is 17.5 Å². The number of ether oxygens (including phenoxy) is 1. The molecule has 0 aliphatic carbocycles. The van der Waals surface area contributed by atoms with Gasteiger partial charge in [-0.2, -0.15) is 5.10 Å². The molecule has 1 atom stereocenters. The van der Waals surface area contributed by atoms with Gasteiger partial charge in [-0.15, -0.1) is 0 Å². The number of carbonyl (C=O) groups is 2. The number of nitrogens with zero attached hydrogens (tertiary/aromatic N) is 2. The van der Waals surface area contributed by atoms with Crippen molar-refractivity contribution in [2.24, 2.45) is 5.10 Å². The molecule has 1 saturated heterocycles. The van der Waals surface area contributed by atoms with Gasteiger partial charge in [0.05, 0.1) is 12.7 Å². The normalized spacial score (nSPS) is 21.2. The van der Waals surface area contributed by atoms with Gasteiger partial charge in [-0.3, -0.25) is 9.59 Å². The summed E-state index contributed by atoms with van der Waals surface area (Å²) in [5.74, 6) is 0.0815. The standard InChI is InChI=1S/C18H23N3O3/c22-17-8-6-15(19-20-17)7-9-18(23)21-10-11-24-16(13-21)12-14-4-2-1-3-5-14/h1-5,16H,6-13H2,(H,20,22). The fraction of sp³-hybridized carbons (Fsp3) is 0.500. The van der Waals surface area contributed by atoms with Crippen LogP contribution in [0.5, 0.6) is 0 Å². The molecule has 0 bridgehead atoms. The maximum Gasteiger partial charge on any atom is 0.240 e. The number of rotatable bonds is 5. The Labute approximate surface area is 141 Å². The minimum absolute atomic E-state index is 0.0522. The highest BCUT2D eigenvalue weighted by Crippen LogP contribution is 2.14. The first-order valence-electron chi connectivity index (χ1n) is 8.48. The average molecular weight is 329 g/mol. The van der Waals surface area contributed by atoms with Crippen LogP contribution in [0.15, 0.2) is 35.4 Å². The quantitative estimate of drug-likeness (QED) is 0.890. The van der Waals surface area contributed by atoms with Gasteiger partial charge < -0.3 is 9.64 Å². The fourth-order valence-electron chi connectivity index (χ4n) is 3.05. The molecule has 1 N–H and O–H groups in total. The van der Waals surface area contributed by atoms with Gasteiger partial charge in [-0.05, 0) is 18.4 Å². The van der Waals surface area contributed by atoms with E-state index in [-0.39, 0.29) is 17.9 Å². The largest absolute Gasteiger partial charge is 0.374 e. The fourth-order valence-corrected chi connectivity index (χ4v) is 3.05. The number of nitrogens with one attached hydrogen (secondary N) is 1. The van der Waals surface area contributed by atoms with Crippen molar-refractivity contribution in [3.8, 4) is 0 Å². The number of carbonyl (C=O) groups excluding carboxylic acids is 2. The number of hydrogen-bond acceptors (Lipinski definition) is 4. The molecule has 1 aromatic carbocycles. The zero-order chi connectivity index (χ0) is 16.8. The summed E-state index contributed by atoms with van der Waals surface area (Å²) >= 11 is 0. The molecule has 1 unspecified atom stereocenters. The van der Waals surface area contributed by atoms with Gasteiger partial charge in [0.2, 0.25) is 11.8 Å². The summed E-state index contributed by atoms with van der Waals surface area (Å²) in [5, 5.41) is 4.02. The molecule has 1 aromatic rings. The van der Waals surface area contributed by atoms with Crippen LogP contribution in [0.3, 0.4) is 0 Å². The van der Waals surface area contributed by atoms with Gasteiger partial charge in [0, 0.05) is 38.1 Å². The molecule has 2 aliphatic rings. The number of hydrogen-bond donors (Lipinski definition) is 1. The number of morpholine rings is 1. The van der Waals surface area contributed by atoms with Crippen molar-refractivity contribution in [1.82, 2.24) is 10.3 Å². The predicted octanol–water partition coefficient (Wildman–Crippen LogP) is 1.50. The second kappa shape index (κ2) is 8.06. The van der Waals surface area contributed by atoms with Crippen LogP contribution in [0.1, 0.15) is 31.2 Å². The minimum atomic E-state index is -0.0537. The van der Waals surface area contributed by atoms with E-state index < -0.39 is 0 Å². The molecule has 2 aliphatic heterocycles. The Morgan fingerprint density at radius 3 is 2.88 bits per heavy atom. The lowest BCUT2D eigenvalue weighted by Crippen LogP contribution is -2.46. The molecule has 3 rings (SSSR count). The Bertz CT molecular complexity index is 615. The Morgan fingerprint density at radius 2 is 2.12 bits per heavy atom. The first kappa shape index (κ1) is 16.6. The molecule has 0 saturated carbocycles. The molecule has 24 heavy (non-hydrogen) atoms. The van der Waals surface area contributed by atoms with Crippen LogP contribution in [0, 0.1) is 0 Å². The molecule has 0 radical (unpaired) electrons. The summed E-state index contributed by atoms with van der Waals surface area (Å²) in [6.07, 6.45) is 3.04. The van der Waals surface area contributed by atoms with Gasteiger partial charge in [0.1, 0.15) is 0 Å².